The zero-order valence-corrected chi connectivity index (χ0v) is 22.5. The first-order chi connectivity index (χ1) is 16.8. The molecule has 1 aliphatic heterocycles. The molecule has 0 spiro atoms. The molecule has 0 radical (unpaired) electrons. The topological polar surface area (TPSA) is 69.9 Å². The summed E-state index contributed by atoms with van der Waals surface area (Å²) < 4.78 is 13.6. The lowest BCUT2D eigenvalue weighted by atomic mass is 9.93. The Morgan fingerprint density at radius 3 is 2.60 bits per heavy atom. The van der Waals surface area contributed by atoms with Crippen molar-refractivity contribution in [3.8, 4) is 0 Å². The second-order valence-corrected chi connectivity index (χ2v) is 10.5. The number of methoxy groups -OCH3 is 1. The van der Waals surface area contributed by atoms with E-state index in [2.05, 4.69) is 34.8 Å². The van der Waals surface area contributed by atoms with Crippen LogP contribution in [0.3, 0.4) is 0 Å². The molecule has 1 unspecified atom stereocenters. The van der Waals surface area contributed by atoms with Crippen molar-refractivity contribution in [2.75, 3.05) is 20.3 Å². The second-order valence-electron chi connectivity index (χ2n) is 8.59. The maximum atomic E-state index is 13.7. The number of rotatable bonds is 7. The molecule has 4 rings (SSSR count). The average Bonchev–Trinajstić information content (AvgIpc) is 3.12. The summed E-state index contributed by atoms with van der Waals surface area (Å²) in [6.45, 7) is 6.45. The number of hydrogen-bond donors (Lipinski definition) is 0. The number of nitrogens with zero attached hydrogens (tertiary/aromatic N) is 2. The summed E-state index contributed by atoms with van der Waals surface area (Å²) in [5.74, 6) is -0.130. The van der Waals surface area contributed by atoms with E-state index in [-0.39, 0.29) is 12.2 Å². The van der Waals surface area contributed by atoms with Crippen LogP contribution in [-0.4, -0.2) is 30.9 Å². The highest BCUT2D eigenvalue weighted by Gasteiger charge is 2.33. The fourth-order valence-electron chi connectivity index (χ4n) is 4.00. The van der Waals surface area contributed by atoms with E-state index >= 15 is 0 Å². The number of esters is 1. The largest absolute Gasteiger partial charge is 0.460 e. The number of aromatic nitrogens is 1. The number of fused-ring (bicyclic) bond motifs is 1. The first-order valence-electron chi connectivity index (χ1n) is 11.3. The van der Waals surface area contributed by atoms with Gasteiger partial charge in [-0.2, -0.15) is 0 Å². The van der Waals surface area contributed by atoms with Crippen LogP contribution in [-0.2, 0) is 14.3 Å². The van der Waals surface area contributed by atoms with Crippen molar-refractivity contribution in [2.24, 2.45) is 4.99 Å². The van der Waals surface area contributed by atoms with Crippen LogP contribution in [0.5, 0.6) is 0 Å². The number of hydrogen-bond acceptors (Lipinski definition) is 6. The third-order valence-electron chi connectivity index (χ3n) is 5.83. The van der Waals surface area contributed by atoms with Gasteiger partial charge in [0.05, 0.1) is 28.5 Å². The second kappa shape index (κ2) is 10.8. The molecule has 2 aromatic carbocycles. The maximum absolute atomic E-state index is 13.7. The molecule has 0 aliphatic carbocycles. The predicted molar refractivity (Wildman–Crippen MR) is 141 cm³/mol. The quantitative estimate of drug-likeness (QED) is 0.322. The lowest BCUT2D eigenvalue weighted by Crippen LogP contribution is -2.40. The molecule has 0 fully saturated rings. The van der Waals surface area contributed by atoms with Crippen LogP contribution in [0.25, 0.3) is 6.08 Å². The lowest BCUT2D eigenvalue weighted by Gasteiger charge is -2.25. The molecule has 2 heterocycles. The minimum atomic E-state index is -0.632. The van der Waals surface area contributed by atoms with Crippen molar-refractivity contribution < 1.29 is 14.3 Å². The molecule has 0 bridgehead atoms. The van der Waals surface area contributed by atoms with Crippen molar-refractivity contribution >= 4 is 39.3 Å². The van der Waals surface area contributed by atoms with Crippen molar-refractivity contribution in [3.63, 3.8) is 0 Å². The van der Waals surface area contributed by atoms with E-state index in [1.807, 2.05) is 54.6 Å². The molecule has 35 heavy (non-hydrogen) atoms. The van der Waals surface area contributed by atoms with E-state index in [1.54, 1.807) is 18.6 Å². The standard InChI is InChI=1S/C27H27BrN2O4S/c1-16(2)19-8-10-20(11-9-19)24-23(26(32)34-13-12-33-4)17(3)29-27-30(24)25(31)22(35-27)15-18-6-5-7-21(28)14-18/h5-11,14-16,24H,12-13H2,1-4H3. The molecule has 6 nitrogen and oxygen atoms in total. The van der Waals surface area contributed by atoms with E-state index in [1.165, 1.54) is 16.9 Å². The highest BCUT2D eigenvalue weighted by molar-refractivity contribution is 9.10. The number of halogens is 1. The molecular weight excluding hydrogens is 528 g/mol. The number of benzene rings is 2. The number of carbonyl (C=O) groups is 1. The number of carbonyl (C=O) groups excluding carboxylic acids is 1. The highest BCUT2D eigenvalue weighted by atomic mass is 79.9. The van der Waals surface area contributed by atoms with Gasteiger partial charge < -0.3 is 9.47 Å². The molecule has 0 saturated heterocycles. The molecule has 8 heteroatoms. The van der Waals surface area contributed by atoms with E-state index in [0.717, 1.165) is 15.6 Å². The third-order valence-corrected chi connectivity index (χ3v) is 7.30. The Morgan fingerprint density at radius 1 is 1.20 bits per heavy atom. The van der Waals surface area contributed by atoms with Gasteiger partial charge in [-0.05, 0) is 47.7 Å². The van der Waals surface area contributed by atoms with Crippen LogP contribution in [0.1, 0.15) is 49.4 Å². The summed E-state index contributed by atoms with van der Waals surface area (Å²) in [5.41, 5.74) is 3.62. The molecule has 182 valence electrons. The Kier molecular flexibility index (Phi) is 7.84. The van der Waals surface area contributed by atoms with Gasteiger partial charge in [0, 0.05) is 11.6 Å². The van der Waals surface area contributed by atoms with Gasteiger partial charge in [0.25, 0.3) is 5.56 Å². The molecule has 1 aliphatic rings. The van der Waals surface area contributed by atoms with E-state index in [0.29, 0.717) is 33.1 Å². The summed E-state index contributed by atoms with van der Waals surface area (Å²) in [5, 5.41) is 0. The van der Waals surface area contributed by atoms with E-state index in [9.17, 15) is 9.59 Å². The smallest absolute Gasteiger partial charge is 0.338 e. The van der Waals surface area contributed by atoms with E-state index in [4.69, 9.17) is 9.47 Å². The summed E-state index contributed by atoms with van der Waals surface area (Å²) >= 11 is 4.79. The lowest BCUT2D eigenvalue weighted by molar-refractivity contribution is -0.140. The summed E-state index contributed by atoms with van der Waals surface area (Å²) in [7, 11) is 1.55. The first-order valence-corrected chi connectivity index (χ1v) is 12.9. The van der Waals surface area contributed by atoms with Crippen LogP contribution >= 0.6 is 27.3 Å². The van der Waals surface area contributed by atoms with Crippen LogP contribution < -0.4 is 14.9 Å². The fourth-order valence-corrected chi connectivity index (χ4v) is 5.47. The van der Waals surface area contributed by atoms with Crippen LogP contribution in [0.15, 0.2) is 74.1 Å². The van der Waals surface area contributed by atoms with Gasteiger partial charge in [-0.1, -0.05) is 77.5 Å². The minimum Gasteiger partial charge on any atom is -0.460 e. The number of allylic oxidation sites excluding steroid dienone is 1. The van der Waals surface area contributed by atoms with Crippen molar-refractivity contribution in [3.05, 3.63) is 101 Å². The molecule has 0 saturated carbocycles. The zero-order chi connectivity index (χ0) is 25.1. The average molecular weight is 555 g/mol. The first kappa shape index (κ1) is 25.3. The summed E-state index contributed by atoms with van der Waals surface area (Å²) in [4.78, 5) is 32.0. The monoisotopic (exact) mass is 554 g/mol. The van der Waals surface area contributed by atoms with Crippen molar-refractivity contribution in [1.29, 1.82) is 0 Å². The Morgan fingerprint density at radius 2 is 1.94 bits per heavy atom. The highest BCUT2D eigenvalue weighted by Crippen LogP contribution is 2.31. The molecule has 1 atom stereocenters. The molecule has 0 N–H and O–H groups in total. The van der Waals surface area contributed by atoms with Gasteiger partial charge >= 0.3 is 5.97 Å². The normalized spacial score (nSPS) is 15.8. The Bertz CT molecular complexity index is 1450. The van der Waals surface area contributed by atoms with Gasteiger partial charge in [0.1, 0.15) is 6.61 Å². The predicted octanol–water partition coefficient (Wildman–Crippen LogP) is 4.31. The Hall–Kier alpha value is -2.81. The molecule has 0 amide bonds. The van der Waals surface area contributed by atoms with Crippen LogP contribution in [0.2, 0.25) is 0 Å². The van der Waals surface area contributed by atoms with Crippen molar-refractivity contribution in [2.45, 2.75) is 32.7 Å². The summed E-state index contributed by atoms with van der Waals surface area (Å²) in [6.07, 6.45) is 1.85. The molecule has 3 aromatic rings. The maximum Gasteiger partial charge on any atom is 0.338 e. The Labute approximate surface area is 216 Å². The van der Waals surface area contributed by atoms with Gasteiger partial charge in [-0.3, -0.25) is 9.36 Å². The van der Waals surface area contributed by atoms with Crippen LogP contribution in [0.4, 0.5) is 0 Å². The van der Waals surface area contributed by atoms with Gasteiger partial charge in [0.2, 0.25) is 0 Å². The third kappa shape index (κ3) is 5.39. The summed E-state index contributed by atoms with van der Waals surface area (Å²) in [6, 6.07) is 15.2. The van der Waals surface area contributed by atoms with Gasteiger partial charge in [0.15, 0.2) is 4.80 Å². The molecule has 1 aromatic heterocycles. The molecular formula is C27H27BrN2O4S. The number of thiazole rings is 1. The van der Waals surface area contributed by atoms with Crippen molar-refractivity contribution in [1.82, 2.24) is 4.57 Å². The minimum absolute atomic E-state index is 0.123. The van der Waals surface area contributed by atoms with Gasteiger partial charge in [-0.15, -0.1) is 0 Å². The van der Waals surface area contributed by atoms with E-state index < -0.39 is 12.0 Å². The Balaban J connectivity index is 1.88. The van der Waals surface area contributed by atoms with Crippen LogP contribution in [0, 0.1) is 0 Å². The SMILES string of the molecule is COCCOC(=O)C1=C(C)N=c2sc(=Cc3cccc(Br)c3)c(=O)n2C1c1ccc(C(C)C)cc1. The fraction of sp³-hybridized carbons (Fsp3) is 0.296. The van der Waals surface area contributed by atoms with Gasteiger partial charge in [-0.25, -0.2) is 9.79 Å². The number of ether oxygens (including phenoxy) is 2. The zero-order valence-electron chi connectivity index (χ0n) is 20.1.